The van der Waals surface area contributed by atoms with Crippen LogP contribution < -0.4 is 5.84 Å². The third-order valence-corrected chi connectivity index (χ3v) is 3.00. The van der Waals surface area contributed by atoms with Gasteiger partial charge in [-0.3, -0.25) is 0 Å². The van der Waals surface area contributed by atoms with Crippen molar-refractivity contribution in [3.05, 3.63) is 70.2 Å². The number of benzene rings is 2. The van der Waals surface area contributed by atoms with Gasteiger partial charge >= 0.3 is 0 Å². The van der Waals surface area contributed by atoms with Crippen molar-refractivity contribution in [3.63, 3.8) is 0 Å². The molecule has 0 fully saturated rings. The summed E-state index contributed by atoms with van der Waals surface area (Å²) >= 11 is 3.50. The van der Waals surface area contributed by atoms with Crippen molar-refractivity contribution < 1.29 is 0 Å². The zero-order chi connectivity index (χ0) is 11.4. The number of nitrogens with two attached hydrogens (primary N) is 1. The Balaban J connectivity index is 2.51. The Morgan fingerprint density at radius 3 is 2.19 bits per heavy atom. The molecule has 2 nitrogen and oxygen atoms in total. The number of halogens is 1. The summed E-state index contributed by atoms with van der Waals surface area (Å²) in [6.07, 6.45) is 0. The van der Waals surface area contributed by atoms with E-state index in [1.807, 2.05) is 54.6 Å². The van der Waals surface area contributed by atoms with Crippen LogP contribution in [-0.4, -0.2) is 5.71 Å². The first kappa shape index (κ1) is 10.9. The summed E-state index contributed by atoms with van der Waals surface area (Å²) in [4.78, 5) is 0. The van der Waals surface area contributed by atoms with Crippen LogP contribution in [-0.2, 0) is 0 Å². The third kappa shape index (κ3) is 2.14. The Kier molecular flexibility index (Phi) is 3.37. The Morgan fingerprint density at radius 2 is 1.56 bits per heavy atom. The van der Waals surface area contributed by atoms with E-state index in [0.29, 0.717) is 0 Å². The van der Waals surface area contributed by atoms with Gasteiger partial charge in [0.2, 0.25) is 0 Å². The van der Waals surface area contributed by atoms with Crippen molar-refractivity contribution in [2.75, 3.05) is 0 Å². The molecule has 3 heteroatoms. The predicted octanol–water partition coefficient (Wildman–Crippen LogP) is 3.16. The largest absolute Gasteiger partial charge is 0.323 e. The minimum Gasteiger partial charge on any atom is -0.323 e. The normalized spacial score (nSPS) is 11.4. The van der Waals surface area contributed by atoms with Gasteiger partial charge in [-0.05, 0) is 6.07 Å². The molecule has 0 aliphatic rings. The molecule has 0 amide bonds. The van der Waals surface area contributed by atoms with Crippen molar-refractivity contribution in [1.29, 1.82) is 0 Å². The summed E-state index contributed by atoms with van der Waals surface area (Å²) in [5, 5.41) is 3.88. The van der Waals surface area contributed by atoms with Gasteiger partial charge in [-0.1, -0.05) is 64.5 Å². The van der Waals surface area contributed by atoms with Gasteiger partial charge < -0.3 is 5.84 Å². The highest BCUT2D eigenvalue weighted by atomic mass is 79.9. The average molecular weight is 275 g/mol. The van der Waals surface area contributed by atoms with Gasteiger partial charge in [0.05, 0.1) is 5.71 Å². The monoisotopic (exact) mass is 274 g/mol. The lowest BCUT2D eigenvalue weighted by molar-refractivity contribution is 1.24. The molecule has 2 rings (SSSR count). The van der Waals surface area contributed by atoms with Gasteiger partial charge in [0, 0.05) is 15.6 Å². The number of rotatable bonds is 2. The lowest BCUT2D eigenvalue weighted by Crippen LogP contribution is -2.06. The molecule has 0 aliphatic heterocycles. The summed E-state index contributed by atoms with van der Waals surface area (Å²) < 4.78 is 0.989. The fraction of sp³-hybridized carbons (Fsp3) is 0. The maximum absolute atomic E-state index is 5.47. The van der Waals surface area contributed by atoms with Gasteiger partial charge in [-0.15, -0.1) is 0 Å². The van der Waals surface area contributed by atoms with E-state index in [0.717, 1.165) is 21.3 Å². The zero-order valence-electron chi connectivity index (χ0n) is 8.60. The Morgan fingerprint density at radius 1 is 0.938 bits per heavy atom. The summed E-state index contributed by atoms with van der Waals surface area (Å²) in [5.74, 6) is 5.47. The standard InChI is InChI=1S/C13H11BrN2/c14-12-9-5-4-8-11(12)13(16-15)10-6-2-1-3-7-10/h1-9H,15H2/b16-13+. The molecule has 2 N–H and O–H groups in total. The van der Waals surface area contributed by atoms with Crippen LogP contribution in [0, 0.1) is 0 Å². The molecular weight excluding hydrogens is 264 g/mol. The fourth-order valence-electron chi connectivity index (χ4n) is 1.55. The molecule has 2 aromatic carbocycles. The lowest BCUT2D eigenvalue weighted by Gasteiger charge is -2.07. The molecule has 0 aliphatic carbocycles. The molecule has 0 saturated heterocycles. The average Bonchev–Trinajstić information content (AvgIpc) is 2.34. The number of hydrogen-bond acceptors (Lipinski definition) is 2. The van der Waals surface area contributed by atoms with Gasteiger partial charge in [-0.2, -0.15) is 5.10 Å². The first-order valence-electron chi connectivity index (χ1n) is 4.91. The van der Waals surface area contributed by atoms with Crippen LogP contribution in [0.25, 0.3) is 0 Å². The predicted molar refractivity (Wildman–Crippen MR) is 70.4 cm³/mol. The quantitative estimate of drug-likeness (QED) is 0.510. The smallest absolute Gasteiger partial charge is 0.0982 e. The minimum absolute atomic E-state index is 0.785. The maximum atomic E-state index is 5.47. The first-order chi connectivity index (χ1) is 7.83. The molecular formula is C13H11BrN2. The Hall–Kier alpha value is -1.61. The fourth-order valence-corrected chi connectivity index (χ4v) is 2.02. The van der Waals surface area contributed by atoms with E-state index < -0.39 is 0 Å². The number of hydrazone groups is 1. The van der Waals surface area contributed by atoms with Crippen LogP contribution in [0.1, 0.15) is 11.1 Å². The summed E-state index contributed by atoms with van der Waals surface area (Å²) in [6.45, 7) is 0. The second kappa shape index (κ2) is 4.94. The zero-order valence-corrected chi connectivity index (χ0v) is 10.2. The molecule has 0 saturated carbocycles. The Bertz CT molecular complexity index is 506. The molecule has 0 atom stereocenters. The highest BCUT2D eigenvalue weighted by Crippen LogP contribution is 2.19. The SMILES string of the molecule is N/N=C(\c1ccccc1)c1ccccc1Br. The van der Waals surface area contributed by atoms with Crippen LogP contribution >= 0.6 is 15.9 Å². The molecule has 2 aromatic rings. The molecule has 16 heavy (non-hydrogen) atoms. The highest BCUT2D eigenvalue weighted by molar-refractivity contribution is 9.10. The van der Waals surface area contributed by atoms with Crippen LogP contribution in [0.15, 0.2) is 64.2 Å². The summed E-state index contributed by atoms with van der Waals surface area (Å²) in [5.41, 5.74) is 2.79. The highest BCUT2D eigenvalue weighted by Gasteiger charge is 2.08. The van der Waals surface area contributed by atoms with Gasteiger partial charge in [0.15, 0.2) is 0 Å². The van der Waals surface area contributed by atoms with Gasteiger partial charge in [0.25, 0.3) is 0 Å². The maximum Gasteiger partial charge on any atom is 0.0982 e. The Labute approximate surface area is 103 Å². The third-order valence-electron chi connectivity index (χ3n) is 2.31. The number of nitrogens with zero attached hydrogens (tertiary/aromatic N) is 1. The van der Waals surface area contributed by atoms with E-state index in [-0.39, 0.29) is 0 Å². The van der Waals surface area contributed by atoms with E-state index in [4.69, 9.17) is 5.84 Å². The topological polar surface area (TPSA) is 38.4 Å². The molecule has 0 spiro atoms. The van der Waals surface area contributed by atoms with E-state index in [2.05, 4.69) is 21.0 Å². The summed E-state index contributed by atoms with van der Waals surface area (Å²) in [6, 6.07) is 17.8. The summed E-state index contributed by atoms with van der Waals surface area (Å²) in [7, 11) is 0. The number of hydrogen-bond donors (Lipinski definition) is 1. The van der Waals surface area contributed by atoms with Crippen LogP contribution in [0.4, 0.5) is 0 Å². The molecule has 80 valence electrons. The van der Waals surface area contributed by atoms with E-state index in [1.54, 1.807) is 0 Å². The van der Waals surface area contributed by atoms with E-state index in [9.17, 15) is 0 Å². The first-order valence-corrected chi connectivity index (χ1v) is 5.70. The van der Waals surface area contributed by atoms with Gasteiger partial charge in [0.1, 0.15) is 0 Å². The van der Waals surface area contributed by atoms with E-state index in [1.165, 1.54) is 0 Å². The molecule has 0 heterocycles. The van der Waals surface area contributed by atoms with Crippen LogP contribution in [0.2, 0.25) is 0 Å². The van der Waals surface area contributed by atoms with E-state index >= 15 is 0 Å². The minimum atomic E-state index is 0.785. The van der Waals surface area contributed by atoms with Crippen molar-refractivity contribution in [2.24, 2.45) is 10.9 Å². The lowest BCUT2D eigenvalue weighted by atomic mass is 10.0. The van der Waals surface area contributed by atoms with Crippen molar-refractivity contribution in [3.8, 4) is 0 Å². The van der Waals surface area contributed by atoms with Crippen LogP contribution in [0.3, 0.4) is 0 Å². The van der Waals surface area contributed by atoms with Crippen molar-refractivity contribution >= 4 is 21.6 Å². The van der Waals surface area contributed by atoms with Crippen molar-refractivity contribution in [1.82, 2.24) is 0 Å². The molecule has 0 aromatic heterocycles. The van der Waals surface area contributed by atoms with Crippen LogP contribution in [0.5, 0.6) is 0 Å². The molecule has 0 bridgehead atoms. The van der Waals surface area contributed by atoms with Crippen molar-refractivity contribution in [2.45, 2.75) is 0 Å². The van der Waals surface area contributed by atoms with Gasteiger partial charge in [-0.25, -0.2) is 0 Å². The second-order valence-corrected chi connectivity index (χ2v) is 4.18. The second-order valence-electron chi connectivity index (χ2n) is 3.32. The molecule has 0 unspecified atom stereocenters. The molecule has 0 radical (unpaired) electrons.